The lowest BCUT2D eigenvalue weighted by atomic mass is 9.87. The average molecular weight is 571 g/mol. The minimum absolute atomic E-state index is 0.0850. The maximum Gasteiger partial charge on any atom is 0.247 e. The summed E-state index contributed by atoms with van der Waals surface area (Å²) in [6.45, 7) is 9.11. The number of nitrogens with zero attached hydrogens (tertiary/aromatic N) is 1. The lowest BCUT2D eigenvalue weighted by molar-refractivity contribution is -0.154. The van der Waals surface area contributed by atoms with E-state index in [1.807, 2.05) is 75.4 Å². The third kappa shape index (κ3) is 7.91. The van der Waals surface area contributed by atoms with Gasteiger partial charge in [0, 0.05) is 22.6 Å². The van der Waals surface area contributed by atoms with Crippen molar-refractivity contribution in [2.75, 3.05) is 0 Å². The highest BCUT2D eigenvalue weighted by atomic mass is 79.9. The molecule has 3 rings (SSSR count). The van der Waals surface area contributed by atoms with E-state index in [9.17, 15) is 14.4 Å². The SMILES string of the molecule is CC(C)(C)NC(=O)C(C)(C)C(=O)N(Cc1ccccc1)C(C(=O)NC1CCCCC1)c1cccc(Br)c1. The summed E-state index contributed by atoms with van der Waals surface area (Å²) in [7, 11) is 0. The zero-order valence-electron chi connectivity index (χ0n) is 22.6. The van der Waals surface area contributed by atoms with E-state index in [1.165, 1.54) is 6.42 Å². The summed E-state index contributed by atoms with van der Waals surface area (Å²) in [5, 5.41) is 6.18. The zero-order valence-corrected chi connectivity index (χ0v) is 24.2. The van der Waals surface area contributed by atoms with E-state index in [-0.39, 0.29) is 24.4 Å². The number of carbonyl (C=O) groups excluding carboxylic acids is 3. The molecule has 0 aliphatic heterocycles. The number of rotatable bonds is 8. The molecular weight excluding hydrogens is 530 g/mol. The van der Waals surface area contributed by atoms with Gasteiger partial charge in [0.05, 0.1) is 0 Å². The van der Waals surface area contributed by atoms with Crippen molar-refractivity contribution in [2.45, 2.75) is 90.9 Å². The minimum Gasteiger partial charge on any atom is -0.351 e. The molecule has 7 heteroatoms. The van der Waals surface area contributed by atoms with Crippen molar-refractivity contribution >= 4 is 33.7 Å². The molecule has 1 fully saturated rings. The van der Waals surface area contributed by atoms with Crippen LogP contribution in [0.1, 0.15) is 83.9 Å². The van der Waals surface area contributed by atoms with Crippen molar-refractivity contribution in [2.24, 2.45) is 5.41 Å². The van der Waals surface area contributed by atoms with Gasteiger partial charge < -0.3 is 15.5 Å². The summed E-state index contributed by atoms with van der Waals surface area (Å²) in [5.41, 5.74) is -0.314. The minimum atomic E-state index is -1.39. The second kappa shape index (κ2) is 12.2. The fraction of sp³-hybridized carbons (Fsp3) is 0.500. The Hall–Kier alpha value is -2.67. The summed E-state index contributed by atoms with van der Waals surface area (Å²) >= 11 is 3.53. The van der Waals surface area contributed by atoms with Crippen molar-refractivity contribution < 1.29 is 14.4 Å². The van der Waals surface area contributed by atoms with Crippen LogP contribution in [-0.4, -0.2) is 34.2 Å². The summed E-state index contributed by atoms with van der Waals surface area (Å²) in [6, 6.07) is 16.3. The van der Waals surface area contributed by atoms with Gasteiger partial charge in [0.1, 0.15) is 11.5 Å². The Balaban J connectivity index is 2.06. The second-order valence-electron chi connectivity index (χ2n) is 11.5. The largest absolute Gasteiger partial charge is 0.351 e. The molecule has 2 N–H and O–H groups in total. The van der Waals surface area contributed by atoms with Gasteiger partial charge in [0.25, 0.3) is 0 Å². The van der Waals surface area contributed by atoms with E-state index in [1.54, 1.807) is 18.7 Å². The predicted octanol–water partition coefficient (Wildman–Crippen LogP) is 5.91. The quantitative estimate of drug-likeness (QED) is 0.388. The fourth-order valence-corrected chi connectivity index (χ4v) is 5.11. The summed E-state index contributed by atoms with van der Waals surface area (Å²) in [6.07, 6.45) is 5.21. The van der Waals surface area contributed by atoms with E-state index in [0.717, 1.165) is 35.7 Å². The summed E-state index contributed by atoms with van der Waals surface area (Å²) in [4.78, 5) is 43.1. The van der Waals surface area contributed by atoms with E-state index in [2.05, 4.69) is 26.6 Å². The summed E-state index contributed by atoms with van der Waals surface area (Å²) in [5.74, 6) is -0.994. The molecule has 0 heterocycles. The van der Waals surface area contributed by atoms with Crippen molar-refractivity contribution in [1.29, 1.82) is 0 Å². The number of carbonyl (C=O) groups is 3. The van der Waals surface area contributed by atoms with Crippen LogP contribution in [0.2, 0.25) is 0 Å². The third-order valence-corrected chi connectivity index (χ3v) is 7.22. The first-order valence-corrected chi connectivity index (χ1v) is 13.9. The van der Waals surface area contributed by atoms with Crippen molar-refractivity contribution in [3.63, 3.8) is 0 Å². The average Bonchev–Trinajstić information content (AvgIpc) is 2.83. The van der Waals surface area contributed by atoms with Crippen molar-refractivity contribution in [3.8, 4) is 0 Å². The van der Waals surface area contributed by atoms with E-state index in [4.69, 9.17) is 0 Å². The van der Waals surface area contributed by atoms with Crippen molar-refractivity contribution in [1.82, 2.24) is 15.5 Å². The predicted molar refractivity (Wildman–Crippen MR) is 151 cm³/mol. The first kappa shape index (κ1) is 28.9. The maximum atomic E-state index is 14.3. The van der Waals surface area contributed by atoms with Crippen LogP contribution in [0.4, 0.5) is 0 Å². The van der Waals surface area contributed by atoms with E-state index < -0.39 is 22.9 Å². The molecule has 6 nitrogen and oxygen atoms in total. The van der Waals surface area contributed by atoms with Crippen LogP contribution in [0.15, 0.2) is 59.1 Å². The molecule has 0 spiro atoms. The molecule has 2 aromatic rings. The number of hydrogen-bond donors (Lipinski definition) is 2. The molecule has 37 heavy (non-hydrogen) atoms. The van der Waals surface area contributed by atoms with Gasteiger partial charge in [-0.05, 0) is 70.7 Å². The van der Waals surface area contributed by atoms with Crippen LogP contribution < -0.4 is 10.6 Å². The van der Waals surface area contributed by atoms with E-state index in [0.29, 0.717) is 5.56 Å². The van der Waals surface area contributed by atoms with Gasteiger partial charge in [0.2, 0.25) is 17.7 Å². The highest BCUT2D eigenvalue weighted by Crippen LogP contribution is 2.32. The lowest BCUT2D eigenvalue weighted by Crippen LogP contribution is -2.56. The molecule has 1 unspecified atom stereocenters. The number of halogens is 1. The normalized spacial score (nSPS) is 15.5. The Morgan fingerprint density at radius 1 is 0.946 bits per heavy atom. The van der Waals surface area contributed by atoms with E-state index >= 15 is 0 Å². The van der Waals surface area contributed by atoms with Crippen LogP contribution in [-0.2, 0) is 20.9 Å². The molecule has 1 aliphatic rings. The monoisotopic (exact) mass is 569 g/mol. The summed E-state index contributed by atoms with van der Waals surface area (Å²) < 4.78 is 0.817. The van der Waals surface area contributed by atoms with Crippen LogP contribution in [0.25, 0.3) is 0 Å². The molecule has 200 valence electrons. The van der Waals surface area contributed by atoms with Gasteiger partial charge >= 0.3 is 0 Å². The lowest BCUT2D eigenvalue weighted by Gasteiger charge is -2.38. The zero-order chi connectivity index (χ0) is 27.2. The van der Waals surface area contributed by atoms with Crippen LogP contribution >= 0.6 is 15.9 Å². The Bertz CT molecular complexity index is 1090. The molecule has 1 saturated carbocycles. The molecule has 0 radical (unpaired) electrons. The second-order valence-corrected chi connectivity index (χ2v) is 12.5. The van der Waals surface area contributed by atoms with Crippen molar-refractivity contribution in [3.05, 3.63) is 70.2 Å². The smallest absolute Gasteiger partial charge is 0.247 e. The number of amides is 3. The Kier molecular flexibility index (Phi) is 9.57. The van der Waals surface area contributed by atoms with Gasteiger partial charge in [-0.2, -0.15) is 0 Å². The topological polar surface area (TPSA) is 78.5 Å². The Morgan fingerprint density at radius 2 is 1.59 bits per heavy atom. The van der Waals surface area contributed by atoms with Crippen LogP contribution in [0.3, 0.4) is 0 Å². The number of benzene rings is 2. The molecule has 3 amide bonds. The van der Waals surface area contributed by atoms with Gasteiger partial charge in [-0.1, -0.05) is 77.7 Å². The first-order chi connectivity index (χ1) is 17.4. The Morgan fingerprint density at radius 3 is 2.19 bits per heavy atom. The number of hydrogen-bond acceptors (Lipinski definition) is 3. The molecular formula is C30H40BrN3O3. The molecule has 0 aromatic heterocycles. The standard InChI is InChI=1S/C30H40BrN3O3/c1-29(2,3)33-27(36)30(4,5)28(37)34(20-21-13-8-6-9-14-21)25(22-15-12-16-23(31)19-22)26(35)32-24-17-10-7-11-18-24/h6,8-9,12-16,19,24-25H,7,10-11,17-18,20H2,1-5H3,(H,32,35)(H,33,36). The first-order valence-electron chi connectivity index (χ1n) is 13.1. The highest BCUT2D eigenvalue weighted by Gasteiger charge is 2.44. The van der Waals surface area contributed by atoms with Gasteiger partial charge in [0.15, 0.2) is 0 Å². The number of nitrogens with one attached hydrogen (secondary N) is 2. The van der Waals surface area contributed by atoms with Crippen LogP contribution in [0, 0.1) is 5.41 Å². The van der Waals surface area contributed by atoms with Gasteiger partial charge in [-0.15, -0.1) is 0 Å². The Labute approximate surface area is 229 Å². The molecule has 1 atom stereocenters. The van der Waals surface area contributed by atoms with Crippen LogP contribution in [0.5, 0.6) is 0 Å². The van der Waals surface area contributed by atoms with Gasteiger partial charge in [-0.25, -0.2) is 0 Å². The maximum absolute atomic E-state index is 14.3. The molecule has 0 saturated heterocycles. The molecule has 0 bridgehead atoms. The third-order valence-electron chi connectivity index (χ3n) is 6.72. The molecule has 1 aliphatic carbocycles. The van der Waals surface area contributed by atoms with Gasteiger partial charge in [-0.3, -0.25) is 14.4 Å². The fourth-order valence-electron chi connectivity index (χ4n) is 4.69. The highest BCUT2D eigenvalue weighted by molar-refractivity contribution is 9.10. The molecule has 2 aromatic carbocycles.